The second-order valence-corrected chi connectivity index (χ2v) is 14.5. The van der Waals surface area contributed by atoms with E-state index in [-0.39, 0.29) is 35.6 Å². The number of carbonyl (C=O) groups excluding carboxylic acids is 4. The molecule has 1 fully saturated rings. The molecule has 2 aliphatic rings. The fraction of sp³-hybridized carbons (Fsp3) is 0.302. The number of amides is 4. The van der Waals surface area contributed by atoms with Gasteiger partial charge in [0.15, 0.2) is 0 Å². The molecule has 6 rings (SSSR count). The maximum absolute atomic E-state index is 13.1. The van der Waals surface area contributed by atoms with E-state index in [1.165, 1.54) is 0 Å². The number of hydrogen-bond donors (Lipinski definition) is 4. The minimum absolute atomic E-state index is 0.0143. The van der Waals surface area contributed by atoms with Gasteiger partial charge in [-0.05, 0) is 113 Å². The van der Waals surface area contributed by atoms with Crippen molar-refractivity contribution < 1.29 is 34.1 Å². The number of aromatic hydroxyl groups is 2. The molecule has 10 nitrogen and oxygen atoms in total. The van der Waals surface area contributed by atoms with Crippen molar-refractivity contribution >= 4 is 46.5 Å². The first-order valence-electron chi connectivity index (χ1n) is 18.4. The maximum atomic E-state index is 13.1. The van der Waals surface area contributed by atoms with Crippen LogP contribution in [0.1, 0.15) is 84.5 Å². The lowest BCUT2D eigenvalue weighted by Gasteiger charge is -2.29. The molecule has 11 heteroatoms. The van der Waals surface area contributed by atoms with E-state index >= 15 is 0 Å². The van der Waals surface area contributed by atoms with E-state index in [9.17, 15) is 29.4 Å². The smallest absolute Gasteiger partial charge is 0.255 e. The first kappa shape index (κ1) is 38.2. The van der Waals surface area contributed by atoms with Crippen molar-refractivity contribution in [1.29, 1.82) is 0 Å². The molecule has 1 saturated heterocycles. The van der Waals surface area contributed by atoms with Crippen molar-refractivity contribution in [3.63, 3.8) is 0 Å². The van der Waals surface area contributed by atoms with Crippen molar-refractivity contribution in [3.05, 3.63) is 119 Å². The van der Waals surface area contributed by atoms with Crippen LogP contribution in [0.15, 0.2) is 95.9 Å². The zero-order chi connectivity index (χ0) is 38.0. The van der Waals surface area contributed by atoms with Gasteiger partial charge in [0, 0.05) is 29.8 Å². The number of unbranched alkanes of at least 4 members (excludes halogenated alkanes) is 2. The highest BCUT2D eigenvalue weighted by atomic mass is 32.2. The molecule has 4 N–H and O–H groups in total. The van der Waals surface area contributed by atoms with Crippen molar-refractivity contribution in [2.24, 2.45) is 0 Å². The molecule has 0 aromatic heterocycles. The number of ether oxygens (including phenoxy) is 1. The van der Waals surface area contributed by atoms with Crippen LogP contribution in [0.4, 0.5) is 0 Å². The van der Waals surface area contributed by atoms with Gasteiger partial charge in [0.2, 0.25) is 17.7 Å². The summed E-state index contributed by atoms with van der Waals surface area (Å²) in [6.45, 7) is 3.18. The van der Waals surface area contributed by atoms with E-state index in [1.807, 2.05) is 60.7 Å². The zero-order valence-electron chi connectivity index (χ0n) is 30.3. The van der Waals surface area contributed by atoms with Gasteiger partial charge in [-0.25, -0.2) is 0 Å². The van der Waals surface area contributed by atoms with E-state index < -0.39 is 11.9 Å². The predicted molar refractivity (Wildman–Crippen MR) is 209 cm³/mol. The van der Waals surface area contributed by atoms with Crippen molar-refractivity contribution in [2.45, 2.75) is 69.4 Å². The lowest BCUT2D eigenvalue weighted by Crippen LogP contribution is -2.52. The summed E-state index contributed by atoms with van der Waals surface area (Å²) < 4.78 is 5.93. The summed E-state index contributed by atoms with van der Waals surface area (Å²) in [6, 6.07) is 27.2. The topological polar surface area (TPSA) is 145 Å². The van der Waals surface area contributed by atoms with Crippen molar-refractivity contribution in [3.8, 4) is 17.2 Å². The summed E-state index contributed by atoms with van der Waals surface area (Å²) in [6.07, 6.45) is 4.34. The zero-order valence-corrected chi connectivity index (χ0v) is 31.1. The molecular formula is C43H45N3O7S. The Kier molecular flexibility index (Phi) is 12.7. The van der Waals surface area contributed by atoms with Crippen LogP contribution < -0.4 is 15.4 Å². The highest BCUT2D eigenvalue weighted by molar-refractivity contribution is 7.99. The van der Waals surface area contributed by atoms with E-state index in [2.05, 4.69) is 17.6 Å². The van der Waals surface area contributed by atoms with Crippen molar-refractivity contribution in [1.82, 2.24) is 15.5 Å². The molecule has 2 heterocycles. The fourth-order valence-electron chi connectivity index (χ4n) is 6.94. The first-order chi connectivity index (χ1) is 26.2. The van der Waals surface area contributed by atoms with E-state index in [0.29, 0.717) is 43.9 Å². The summed E-state index contributed by atoms with van der Waals surface area (Å²) in [5, 5.41) is 25.0. The van der Waals surface area contributed by atoms with E-state index in [4.69, 9.17) is 4.74 Å². The molecule has 1 unspecified atom stereocenters. The number of allylic oxidation sites excluding steroid dienone is 1. The number of hydrogen-bond acceptors (Lipinski definition) is 8. The number of phenolic OH excluding ortho intramolecular Hbond substituents is 2. The Labute approximate surface area is 319 Å². The van der Waals surface area contributed by atoms with Gasteiger partial charge in [0.05, 0.1) is 6.54 Å². The van der Waals surface area contributed by atoms with E-state index in [1.54, 1.807) is 47.0 Å². The number of benzene rings is 4. The third kappa shape index (κ3) is 9.32. The predicted octanol–water partition coefficient (Wildman–Crippen LogP) is 7.08. The molecule has 4 aromatic carbocycles. The Morgan fingerprint density at radius 3 is 2.20 bits per heavy atom. The van der Waals surface area contributed by atoms with Gasteiger partial charge in [0.25, 0.3) is 5.91 Å². The third-order valence-corrected chi connectivity index (χ3v) is 10.9. The van der Waals surface area contributed by atoms with Gasteiger partial charge in [-0.3, -0.25) is 24.5 Å². The molecule has 0 spiro atoms. The lowest BCUT2D eigenvalue weighted by atomic mass is 9.88. The quantitative estimate of drug-likeness (QED) is 0.0412. The number of thioether (sulfide) groups is 1. The SMILES string of the molecule is CCC(=C(c1ccc(O)cc1)c1ccc(OCCNC(=O)CCCCCSc2cccc3c2CN(C2CCC(=O)NC2=O)C3=O)cc1)c1ccc(O)cc1. The highest BCUT2D eigenvalue weighted by Crippen LogP contribution is 2.37. The molecule has 1 atom stereocenters. The largest absolute Gasteiger partial charge is 0.508 e. The number of phenols is 2. The van der Waals surface area contributed by atoms with Gasteiger partial charge < -0.3 is 25.2 Å². The second kappa shape index (κ2) is 18.0. The Morgan fingerprint density at radius 1 is 0.870 bits per heavy atom. The number of rotatable bonds is 16. The Balaban J connectivity index is 0.921. The average molecular weight is 748 g/mol. The van der Waals surface area contributed by atoms with Crippen LogP contribution in [0.2, 0.25) is 0 Å². The number of piperidine rings is 1. The molecule has 2 aliphatic heterocycles. The standard InChI is InChI=1S/C43H45N3O7S/c1-2-34(28-10-16-31(47)17-11-28)41(29-12-18-32(48)19-13-29)30-14-20-33(21-15-30)53-25-24-44-39(49)9-4-3-5-26-54-38-8-6-7-35-36(38)27-46(43(35)52)37-22-23-40(50)45-42(37)51/h6-8,10-21,37,47-48H,2-5,9,22-27H2,1H3,(H,44,49)(H,45,50,51). The second-order valence-electron chi connectivity index (χ2n) is 13.4. The van der Waals surface area contributed by atoms with Gasteiger partial charge in [-0.2, -0.15) is 0 Å². The molecule has 0 bridgehead atoms. The molecule has 54 heavy (non-hydrogen) atoms. The first-order valence-corrected chi connectivity index (χ1v) is 19.4. The number of nitrogens with zero attached hydrogens (tertiary/aromatic N) is 1. The average Bonchev–Trinajstić information content (AvgIpc) is 3.51. The molecule has 4 aromatic rings. The van der Waals surface area contributed by atoms with Crippen LogP contribution in [0, 0.1) is 0 Å². The summed E-state index contributed by atoms with van der Waals surface area (Å²) in [5.74, 6) is 1.05. The summed E-state index contributed by atoms with van der Waals surface area (Å²) >= 11 is 1.68. The number of imide groups is 1. The summed E-state index contributed by atoms with van der Waals surface area (Å²) in [7, 11) is 0. The molecule has 0 aliphatic carbocycles. The monoisotopic (exact) mass is 747 g/mol. The minimum atomic E-state index is -0.627. The summed E-state index contributed by atoms with van der Waals surface area (Å²) in [4.78, 5) is 52.1. The molecule has 4 amide bonds. The van der Waals surface area contributed by atoms with Gasteiger partial charge >= 0.3 is 0 Å². The van der Waals surface area contributed by atoms with Crippen LogP contribution >= 0.6 is 11.8 Å². The Bertz CT molecular complexity index is 2010. The van der Waals surface area contributed by atoms with Crippen LogP contribution in [-0.2, 0) is 20.9 Å². The fourth-order valence-corrected chi connectivity index (χ4v) is 8.03. The van der Waals surface area contributed by atoms with Crippen LogP contribution in [0.5, 0.6) is 17.2 Å². The summed E-state index contributed by atoms with van der Waals surface area (Å²) in [5.41, 5.74) is 6.64. The number of fused-ring (bicyclic) bond motifs is 1. The molecule has 280 valence electrons. The number of nitrogens with one attached hydrogen (secondary N) is 2. The van der Waals surface area contributed by atoms with Crippen molar-refractivity contribution in [2.75, 3.05) is 18.9 Å². The van der Waals surface area contributed by atoms with Gasteiger partial charge in [0.1, 0.15) is 29.9 Å². The Hall–Kier alpha value is -5.55. The minimum Gasteiger partial charge on any atom is -0.508 e. The van der Waals surface area contributed by atoms with Crippen LogP contribution in [0.3, 0.4) is 0 Å². The third-order valence-electron chi connectivity index (χ3n) is 9.71. The van der Waals surface area contributed by atoms with Crippen LogP contribution in [0.25, 0.3) is 11.1 Å². The number of carbonyl (C=O) groups is 4. The molecular weight excluding hydrogens is 703 g/mol. The Morgan fingerprint density at radius 2 is 1.54 bits per heavy atom. The normalized spacial score (nSPS) is 15.8. The lowest BCUT2D eigenvalue weighted by molar-refractivity contribution is -0.137. The van der Waals surface area contributed by atoms with Gasteiger partial charge in [-0.1, -0.05) is 55.8 Å². The maximum Gasteiger partial charge on any atom is 0.255 e. The molecule has 0 radical (unpaired) electrons. The van der Waals surface area contributed by atoms with Gasteiger partial charge in [-0.15, -0.1) is 11.8 Å². The highest BCUT2D eigenvalue weighted by Gasteiger charge is 2.39. The van der Waals surface area contributed by atoms with E-state index in [0.717, 1.165) is 69.7 Å². The van der Waals surface area contributed by atoms with Crippen LogP contribution in [-0.4, -0.2) is 63.7 Å². The molecule has 0 saturated carbocycles.